The third-order valence-electron chi connectivity index (χ3n) is 1.64. The Bertz CT molecular complexity index is 250. The molecule has 0 rings (SSSR count). The zero-order chi connectivity index (χ0) is 13.1. The Kier molecular flexibility index (Phi) is 8.99. The Morgan fingerprint density at radius 3 is 2.53 bits per heavy atom. The smallest absolute Gasteiger partial charge is 0.333 e. The van der Waals surface area contributed by atoms with Gasteiger partial charge in [-0.25, -0.2) is 4.79 Å². The molecule has 0 saturated carbocycles. The van der Waals surface area contributed by atoms with Gasteiger partial charge in [0.25, 0.3) is 6.47 Å². The summed E-state index contributed by atoms with van der Waals surface area (Å²) in [5.74, 6) is -0.433. The van der Waals surface area contributed by atoms with Gasteiger partial charge >= 0.3 is 5.97 Å². The molecule has 6 nitrogen and oxygen atoms in total. The lowest BCUT2D eigenvalue weighted by molar-refractivity contribution is -0.162. The second kappa shape index (κ2) is 9.80. The van der Waals surface area contributed by atoms with Crippen molar-refractivity contribution in [1.82, 2.24) is 0 Å². The lowest BCUT2D eigenvalue weighted by Gasteiger charge is -2.10. The Morgan fingerprint density at radius 2 is 1.94 bits per heavy atom. The van der Waals surface area contributed by atoms with Crippen LogP contribution in [-0.2, 0) is 28.5 Å². The quantitative estimate of drug-likeness (QED) is 0.185. The summed E-state index contributed by atoms with van der Waals surface area (Å²) in [5, 5.41) is 0. The van der Waals surface area contributed by atoms with Crippen LogP contribution in [-0.4, -0.2) is 45.2 Å². The van der Waals surface area contributed by atoms with Gasteiger partial charge in [-0.15, -0.1) is 0 Å². The molecule has 0 aromatic carbocycles. The van der Waals surface area contributed by atoms with Gasteiger partial charge in [0.1, 0.15) is 6.61 Å². The highest BCUT2D eigenvalue weighted by Gasteiger charge is 2.02. The molecule has 0 saturated heterocycles. The van der Waals surface area contributed by atoms with Crippen LogP contribution in [0.15, 0.2) is 12.2 Å². The predicted octanol–water partition coefficient (Wildman–Crippen LogP) is 0.658. The van der Waals surface area contributed by atoms with E-state index in [1.807, 2.05) is 0 Å². The van der Waals surface area contributed by atoms with Gasteiger partial charge < -0.3 is 18.9 Å². The van der Waals surface area contributed by atoms with Gasteiger partial charge in [0.2, 0.25) is 0 Å². The number of hydrogen-bond acceptors (Lipinski definition) is 6. The van der Waals surface area contributed by atoms with Crippen LogP contribution < -0.4 is 0 Å². The molecule has 0 spiro atoms. The summed E-state index contributed by atoms with van der Waals surface area (Å²) in [7, 11) is 0. The molecule has 0 bridgehead atoms. The minimum atomic E-state index is -0.586. The number of hydrogen-bond donors (Lipinski definition) is 0. The molecule has 0 aromatic heterocycles. The highest BCUT2D eigenvalue weighted by molar-refractivity contribution is 5.86. The highest BCUT2D eigenvalue weighted by Crippen LogP contribution is 1.93. The lowest BCUT2D eigenvalue weighted by Crippen LogP contribution is -2.17. The first kappa shape index (κ1) is 15.6. The molecule has 0 aliphatic carbocycles. The summed E-state index contributed by atoms with van der Waals surface area (Å²) in [6.45, 7) is 8.02. The topological polar surface area (TPSA) is 71.1 Å². The second-order valence-corrected chi connectivity index (χ2v) is 3.20. The Labute approximate surface area is 100 Å². The summed E-state index contributed by atoms with van der Waals surface area (Å²) in [5.41, 5.74) is 0.355. The zero-order valence-electron chi connectivity index (χ0n) is 10.1. The first-order valence-electron chi connectivity index (χ1n) is 5.19. The van der Waals surface area contributed by atoms with Gasteiger partial charge in [-0.3, -0.25) is 4.79 Å². The van der Waals surface area contributed by atoms with Gasteiger partial charge in [0.05, 0.1) is 19.8 Å². The number of ether oxygens (including phenoxy) is 4. The van der Waals surface area contributed by atoms with Crippen molar-refractivity contribution in [2.75, 3.05) is 26.4 Å². The van der Waals surface area contributed by atoms with Crippen LogP contribution in [0.25, 0.3) is 0 Å². The molecule has 0 aliphatic rings. The molecule has 0 aliphatic heterocycles. The van der Waals surface area contributed by atoms with Gasteiger partial charge in [-0.1, -0.05) is 6.58 Å². The van der Waals surface area contributed by atoms with Crippen LogP contribution >= 0.6 is 0 Å². The van der Waals surface area contributed by atoms with Crippen molar-refractivity contribution in [2.24, 2.45) is 0 Å². The fourth-order valence-corrected chi connectivity index (χ4v) is 0.809. The van der Waals surface area contributed by atoms with Crippen molar-refractivity contribution in [3.05, 3.63) is 12.2 Å². The van der Waals surface area contributed by atoms with E-state index < -0.39 is 12.3 Å². The average molecular weight is 246 g/mol. The van der Waals surface area contributed by atoms with E-state index in [0.29, 0.717) is 25.3 Å². The van der Waals surface area contributed by atoms with Crippen molar-refractivity contribution in [3.8, 4) is 0 Å². The SMILES string of the molecule is C=C(C)C(=O)OCCOCCOC(C)OC=O. The maximum Gasteiger partial charge on any atom is 0.333 e. The van der Waals surface area contributed by atoms with Crippen molar-refractivity contribution in [3.63, 3.8) is 0 Å². The summed E-state index contributed by atoms with van der Waals surface area (Å²) in [6, 6.07) is 0. The van der Waals surface area contributed by atoms with E-state index in [2.05, 4.69) is 11.3 Å². The van der Waals surface area contributed by atoms with Crippen molar-refractivity contribution in [2.45, 2.75) is 20.1 Å². The maximum absolute atomic E-state index is 10.9. The summed E-state index contributed by atoms with van der Waals surface area (Å²) < 4.78 is 19.4. The van der Waals surface area contributed by atoms with E-state index in [1.165, 1.54) is 0 Å². The van der Waals surface area contributed by atoms with Crippen LogP contribution in [0, 0.1) is 0 Å². The van der Waals surface area contributed by atoms with E-state index in [1.54, 1.807) is 13.8 Å². The molecule has 0 radical (unpaired) electrons. The number of esters is 1. The van der Waals surface area contributed by atoms with Crippen molar-refractivity contribution < 1.29 is 28.5 Å². The first-order valence-corrected chi connectivity index (χ1v) is 5.19. The summed E-state index contributed by atoms with van der Waals surface area (Å²) in [4.78, 5) is 20.9. The average Bonchev–Trinajstić information content (AvgIpc) is 2.27. The van der Waals surface area contributed by atoms with Crippen molar-refractivity contribution in [1.29, 1.82) is 0 Å². The molecule has 6 heteroatoms. The first-order chi connectivity index (χ1) is 8.07. The standard InChI is InChI=1S/C11H18O6/c1-9(2)11(13)16-7-5-14-4-6-15-10(3)17-8-12/h8,10H,1,4-7H2,2-3H3. The number of carbonyl (C=O) groups excluding carboxylic acids is 2. The van der Waals surface area contributed by atoms with Gasteiger partial charge in [0, 0.05) is 5.57 Å². The van der Waals surface area contributed by atoms with Crippen LogP contribution in [0.5, 0.6) is 0 Å². The molecule has 0 aromatic rings. The zero-order valence-corrected chi connectivity index (χ0v) is 10.1. The molecule has 98 valence electrons. The van der Waals surface area contributed by atoms with Crippen LogP contribution in [0.2, 0.25) is 0 Å². The van der Waals surface area contributed by atoms with Crippen LogP contribution in [0.3, 0.4) is 0 Å². The van der Waals surface area contributed by atoms with E-state index in [4.69, 9.17) is 14.2 Å². The van der Waals surface area contributed by atoms with Gasteiger partial charge in [-0.2, -0.15) is 0 Å². The predicted molar refractivity (Wildman–Crippen MR) is 59.2 cm³/mol. The fraction of sp³-hybridized carbons (Fsp3) is 0.636. The molecule has 17 heavy (non-hydrogen) atoms. The molecule has 1 unspecified atom stereocenters. The number of rotatable bonds is 10. The second-order valence-electron chi connectivity index (χ2n) is 3.20. The lowest BCUT2D eigenvalue weighted by atomic mass is 10.4. The summed E-state index contributed by atoms with van der Waals surface area (Å²) in [6.07, 6.45) is -0.586. The third kappa shape index (κ3) is 9.52. The minimum Gasteiger partial charge on any atom is -0.460 e. The fourth-order valence-electron chi connectivity index (χ4n) is 0.809. The molecule has 0 N–H and O–H groups in total. The van der Waals surface area contributed by atoms with Gasteiger partial charge in [0.15, 0.2) is 6.29 Å². The van der Waals surface area contributed by atoms with Crippen molar-refractivity contribution >= 4 is 12.4 Å². The van der Waals surface area contributed by atoms with E-state index in [-0.39, 0.29) is 13.2 Å². The summed E-state index contributed by atoms with van der Waals surface area (Å²) >= 11 is 0. The molecule has 1 atom stereocenters. The molecule has 0 fully saturated rings. The van der Waals surface area contributed by atoms with E-state index in [9.17, 15) is 9.59 Å². The highest BCUT2D eigenvalue weighted by atomic mass is 16.7. The van der Waals surface area contributed by atoms with Gasteiger partial charge in [-0.05, 0) is 13.8 Å². The third-order valence-corrected chi connectivity index (χ3v) is 1.64. The Morgan fingerprint density at radius 1 is 1.29 bits per heavy atom. The molecule has 0 amide bonds. The molecular formula is C11H18O6. The number of carbonyl (C=O) groups is 2. The molecule has 0 heterocycles. The Balaban J connectivity index is 3.27. The minimum absolute atomic E-state index is 0.173. The largest absolute Gasteiger partial charge is 0.460 e. The van der Waals surface area contributed by atoms with Crippen LogP contribution in [0.1, 0.15) is 13.8 Å². The van der Waals surface area contributed by atoms with Crippen LogP contribution in [0.4, 0.5) is 0 Å². The van der Waals surface area contributed by atoms with E-state index >= 15 is 0 Å². The monoisotopic (exact) mass is 246 g/mol. The maximum atomic E-state index is 10.9. The molecular weight excluding hydrogens is 228 g/mol. The van der Waals surface area contributed by atoms with E-state index in [0.717, 1.165) is 0 Å². The normalized spacial score (nSPS) is 11.6. The Hall–Kier alpha value is -1.40.